The molecule has 0 spiro atoms. The van der Waals surface area contributed by atoms with E-state index in [0.717, 1.165) is 15.8 Å². The minimum Gasteiger partial charge on any atom is -0.496 e. The number of hydrogen-bond donors (Lipinski definition) is 2. The molecule has 0 aliphatic carbocycles. The van der Waals surface area contributed by atoms with E-state index in [-0.39, 0.29) is 6.04 Å². The first kappa shape index (κ1) is 13.5. The third-order valence-electron chi connectivity index (χ3n) is 2.88. The van der Waals surface area contributed by atoms with Crippen LogP contribution >= 0.6 is 27.3 Å². The summed E-state index contributed by atoms with van der Waals surface area (Å²) < 4.78 is 6.41. The lowest BCUT2D eigenvalue weighted by Crippen LogP contribution is -2.29. The van der Waals surface area contributed by atoms with Crippen LogP contribution in [0.3, 0.4) is 0 Å². The highest BCUT2D eigenvalue weighted by Gasteiger charge is 2.19. The van der Waals surface area contributed by atoms with E-state index in [0.29, 0.717) is 0 Å². The summed E-state index contributed by atoms with van der Waals surface area (Å²) in [5.41, 5.74) is 5.08. The van der Waals surface area contributed by atoms with Crippen LogP contribution in [0, 0.1) is 6.92 Å². The molecule has 18 heavy (non-hydrogen) atoms. The molecule has 1 heterocycles. The van der Waals surface area contributed by atoms with Gasteiger partial charge in [-0.2, -0.15) is 0 Å². The van der Waals surface area contributed by atoms with E-state index in [4.69, 9.17) is 10.6 Å². The molecule has 1 aromatic carbocycles. The molecule has 2 aromatic rings. The minimum atomic E-state index is -0.0562. The molecular formula is C13H15BrN2OS. The number of hydrazine groups is 1. The summed E-state index contributed by atoms with van der Waals surface area (Å²) in [7, 11) is 1.67. The fraction of sp³-hybridized carbons (Fsp3) is 0.231. The van der Waals surface area contributed by atoms with Crippen LogP contribution in [0.25, 0.3) is 0 Å². The number of halogens is 1. The van der Waals surface area contributed by atoms with E-state index in [2.05, 4.69) is 39.7 Å². The van der Waals surface area contributed by atoms with Gasteiger partial charge in [0.05, 0.1) is 13.2 Å². The Morgan fingerprint density at radius 1 is 1.33 bits per heavy atom. The molecule has 2 rings (SSSR count). The maximum absolute atomic E-state index is 5.71. The van der Waals surface area contributed by atoms with Gasteiger partial charge in [-0.25, -0.2) is 5.43 Å². The van der Waals surface area contributed by atoms with Gasteiger partial charge in [-0.3, -0.25) is 5.84 Å². The zero-order valence-corrected chi connectivity index (χ0v) is 12.6. The molecule has 0 saturated carbocycles. The molecule has 0 aliphatic heterocycles. The van der Waals surface area contributed by atoms with Crippen LogP contribution in [0.1, 0.15) is 22.0 Å². The summed E-state index contributed by atoms with van der Waals surface area (Å²) in [6, 6.07) is 7.99. The molecule has 1 aromatic heterocycles. The number of nitrogens with two attached hydrogens (primary N) is 1. The molecule has 5 heteroatoms. The predicted molar refractivity (Wildman–Crippen MR) is 78.9 cm³/mol. The third-order valence-corrected chi connectivity index (χ3v) is 4.24. The maximum atomic E-state index is 5.71. The SMILES string of the molecule is COc1cc(Br)ccc1C(NN)c1ccsc1C. The van der Waals surface area contributed by atoms with Gasteiger partial charge in [-0.1, -0.05) is 22.0 Å². The van der Waals surface area contributed by atoms with E-state index in [1.54, 1.807) is 18.4 Å². The van der Waals surface area contributed by atoms with Crippen LogP contribution in [-0.4, -0.2) is 7.11 Å². The maximum Gasteiger partial charge on any atom is 0.125 e. The number of rotatable bonds is 4. The lowest BCUT2D eigenvalue weighted by Gasteiger charge is -2.19. The number of benzene rings is 1. The fourth-order valence-electron chi connectivity index (χ4n) is 1.96. The first-order valence-corrected chi connectivity index (χ1v) is 7.18. The average molecular weight is 327 g/mol. The standard InChI is InChI=1S/C13H15BrN2OS/c1-8-10(5-6-18-8)13(16-15)11-4-3-9(14)7-12(11)17-2/h3-7,13,16H,15H2,1-2H3. The smallest absolute Gasteiger partial charge is 0.125 e. The Balaban J connectivity index is 2.48. The lowest BCUT2D eigenvalue weighted by atomic mass is 9.99. The van der Waals surface area contributed by atoms with Gasteiger partial charge < -0.3 is 4.74 Å². The van der Waals surface area contributed by atoms with Gasteiger partial charge in [-0.15, -0.1) is 11.3 Å². The summed E-state index contributed by atoms with van der Waals surface area (Å²) in [5.74, 6) is 6.53. The first-order chi connectivity index (χ1) is 8.67. The molecule has 3 N–H and O–H groups in total. The van der Waals surface area contributed by atoms with Crippen LogP contribution in [0.15, 0.2) is 34.1 Å². The number of thiophene rings is 1. The van der Waals surface area contributed by atoms with E-state index < -0.39 is 0 Å². The van der Waals surface area contributed by atoms with Crippen molar-refractivity contribution in [2.24, 2.45) is 5.84 Å². The number of hydrogen-bond acceptors (Lipinski definition) is 4. The number of ether oxygens (including phenoxy) is 1. The van der Waals surface area contributed by atoms with Gasteiger partial charge in [0.25, 0.3) is 0 Å². The highest BCUT2D eigenvalue weighted by atomic mass is 79.9. The average Bonchev–Trinajstić information content (AvgIpc) is 2.78. The van der Waals surface area contributed by atoms with Crippen molar-refractivity contribution in [3.63, 3.8) is 0 Å². The fourth-order valence-corrected chi connectivity index (χ4v) is 3.05. The van der Waals surface area contributed by atoms with Crippen LogP contribution in [0.5, 0.6) is 5.75 Å². The van der Waals surface area contributed by atoms with Crippen LogP contribution in [0.4, 0.5) is 0 Å². The van der Waals surface area contributed by atoms with Crippen molar-refractivity contribution in [1.29, 1.82) is 0 Å². The molecule has 0 saturated heterocycles. The van der Waals surface area contributed by atoms with Crippen LogP contribution in [0.2, 0.25) is 0 Å². The molecule has 96 valence electrons. The zero-order chi connectivity index (χ0) is 13.1. The molecule has 0 amide bonds. The normalized spacial score (nSPS) is 12.4. The van der Waals surface area contributed by atoms with Crippen molar-refractivity contribution in [2.45, 2.75) is 13.0 Å². The van der Waals surface area contributed by atoms with Gasteiger partial charge in [0, 0.05) is 14.9 Å². The topological polar surface area (TPSA) is 47.3 Å². The molecule has 0 bridgehead atoms. The summed E-state index contributed by atoms with van der Waals surface area (Å²) in [4.78, 5) is 1.25. The number of nitrogens with one attached hydrogen (secondary N) is 1. The summed E-state index contributed by atoms with van der Waals surface area (Å²) in [6.07, 6.45) is 0. The van der Waals surface area contributed by atoms with Crippen molar-refractivity contribution in [1.82, 2.24) is 5.43 Å². The Morgan fingerprint density at radius 2 is 2.11 bits per heavy atom. The predicted octanol–water partition coefficient (Wildman–Crippen LogP) is 3.38. The van der Waals surface area contributed by atoms with Gasteiger partial charge in [0.1, 0.15) is 5.75 Å². The zero-order valence-electron chi connectivity index (χ0n) is 10.2. The van der Waals surface area contributed by atoms with E-state index in [9.17, 15) is 0 Å². The van der Waals surface area contributed by atoms with Gasteiger partial charge in [-0.05, 0) is 36.1 Å². The number of aryl methyl sites for hydroxylation is 1. The molecule has 1 atom stereocenters. The van der Waals surface area contributed by atoms with Gasteiger partial charge in [0.2, 0.25) is 0 Å². The van der Waals surface area contributed by atoms with Crippen molar-refractivity contribution in [3.05, 3.63) is 50.1 Å². The van der Waals surface area contributed by atoms with Crippen LogP contribution in [-0.2, 0) is 0 Å². The second-order valence-corrected chi connectivity index (χ2v) is 5.95. The van der Waals surface area contributed by atoms with Crippen molar-refractivity contribution in [3.8, 4) is 5.75 Å². The lowest BCUT2D eigenvalue weighted by molar-refractivity contribution is 0.404. The minimum absolute atomic E-state index is 0.0562. The number of methoxy groups -OCH3 is 1. The third kappa shape index (κ3) is 2.59. The van der Waals surface area contributed by atoms with E-state index in [1.165, 1.54) is 10.4 Å². The van der Waals surface area contributed by atoms with Crippen molar-refractivity contribution in [2.75, 3.05) is 7.11 Å². The molecule has 0 radical (unpaired) electrons. The summed E-state index contributed by atoms with van der Waals surface area (Å²) in [5, 5.41) is 2.07. The Hall–Kier alpha value is -0.880. The van der Waals surface area contributed by atoms with Gasteiger partial charge in [0.15, 0.2) is 0 Å². The monoisotopic (exact) mass is 326 g/mol. The molecule has 0 fully saturated rings. The molecule has 1 unspecified atom stereocenters. The Bertz CT molecular complexity index is 542. The Labute approximate surface area is 119 Å². The Morgan fingerprint density at radius 3 is 2.67 bits per heavy atom. The highest BCUT2D eigenvalue weighted by Crippen LogP contribution is 2.34. The van der Waals surface area contributed by atoms with E-state index >= 15 is 0 Å². The Kier molecular flexibility index (Phi) is 4.40. The van der Waals surface area contributed by atoms with E-state index in [1.807, 2.05) is 18.2 Å². The molecule has 3 nitrogen and oxygen atoms in total. The van der Waals surface area contributed by atoms with Crippen LogP contribution < -0.4 is 16.0 Å². The quantitative estimate of drug-likeness (QED) is 0.668. The van der Waals surface area contributed by atoms with Gasteiger partial charge >= 0.3 is 0 Å². The molecular weight excluding hydrogens is 312 g/mol. The molecule has 0 aliphatic rings. The van der Waals surface area contributed by atoms with Crippen molar-refractivity contribution >= 4 is 27.3 Å². The largest absolute Gasteiger partial charge is 0.496 e. The second-order valence-electron chi connectivity index (χ2n) is 3.92. The second kappa shape index (κ2) is 5.84. The first-order valence-electron chi connectivity index (χ1n) is 5.51. The van der Waals surface area contributed by atoms with Crippen molar-refractivity contribution < 1.29 is 4.74 Å². The summed E-state index contributed by atoms with van der Waals surface area (Å²) >= 11 is 5.16. The summed E-state index contributed by atoms with van der Waals surface area (Å²) in [6.45, 7) is 2.09. The highest BCUT2D eigenvalue weighted by molar-refractivity contribution is 9.10.